The van der Waals surface area contributed by atoms with Crippen molar-refractivity contribution >= 4 is 10.0 Å². The Kier molecular flexibility index (Phi) is 9.85. The molecule has 0 amide bonds. The number of nitrogens with one attached hydrogen (secondary N) is 1. The molecule has 0 unspecified atom stereocenters. The van der Waals surface area contributed by atoms with Crippen LogP contribution in [0.3, 0.4) is 0 Å². The summed E-state index contributed by atoms with van der Waals surface area (Å²) in [6, 6.07) is 0. The van der Waals surface area contributed by atoms with E-state index in [0.717, 1.165) is 0 Å². The van der Waals surface area contributed by atoms with Crippen molar-refractivity contribution in [2.24, 2.45) is 5.73 Å². The molecule has 0 fully saturated rings. The number of rotatable bonds is 11. The second-order valence-corrected chi connectivity index (χ2v) is 5.24. The third-order valence-corrected chi connectivity index (χ3v) is 3.28. The molecule has 0 spiro atoms. The SMILES string of the molecule is COCCCS(=O)(=O)NCCCOCCN. The minimum Gasteiger partial charge on any atom is -0.385 e. The van der Waals surface area contributed by atoms with E-state index in [2.05, 4.69) is 4.72 Å². The molecular weight excluding hydrogens is 232 g/mol. The second kappa shape index (κ2) is 9.98. The van der Waals surface area contributed by atoms with E-state index in [1.54, 1.807) is 7.11 Å². The molecule has 0 radical (unpaired) electrons. The van der Waals surface area contributed by atoms with E-state index in [9.17, 15) is 8.42 Å². The quantitative estimate of drug-likeness (QED) is 0.476. The summed E-state index contributed by atoms with van der Waals surface area (Å²) in [5.41, 5.74) is 5.23. The van der Waals surface area contributed by atoms with Crippen LogP contribution in [0.1, 0.15) is 12.8 Å². The molecule has 0 saturated heterocycles. The van der Waals surface area contributed by atoms with Crippen molar-refractivity contribution in [3.8, 4) is 0 Å². The number of ether oxygens (including phenoxy) is 2. The van der Waals surface area contributed by atoms with E-state index < -0.39 is 10.0 Å². The molecule has 0 bridgehead atoms. The number of hydrogen-bond donors (Lipinski definition) is 2. The predicted octanol–water partition coefficient (Wildman–Crippen LogP) is -0.692. The summed E-state index contributed by atoms with van der Waals surface area (Å²) in [5.74, 6) is 0.102. The maximum Gasteiger partial charge on any atom is 0.211 e. The van der Waals surface area contributed by atoms with Gasteiger partial charge in [-0.2, -0.15) is 0 Å². The van der Waals surface area contributed by atoms with Gasteiger partial charge >= 0.3 is 0 Å². The molecule has 3 N–H and O–H groups in total. The first-order valence-corrected chi connectivity index (χ1v) is 7.01. The normalized spacial score (nSPS) is 11.9. The molecule has 0 aliphatic rings. The monoisotopic (exact) mass is 254 g/mol. The topological polar surface area (TPSA) is 90.7 Å². The summed E-state index contributed by atoms with van der Waals surface area (Å²) in [6.45, 7) is 2.39. The lowest BCUT2D eigenvalue weighted by Crippen LogP contribution is -2.28. The molecule has 0 aromatic rings. The van der Waals surface area contributed by atoms with Crippen LogP contribution in [-0.2, 0) is 19.5 Å². The summed E-state index contributed by atoms with van der Waals surface area (Å²) < 4.78 is 35.1. The van der Waals surface area contributed by atoms with Crippen molar-refractivity contribution in [3.63, 3.8) is 0 Å². The molecule has 0 aromatic heterocycles. The first kappa shape index (κ1) is 15.8. The van der Waals surface area contributed by atoms with E-state index in [0.29, 0.717) is 45.8 Å². The van der Waals surface area contributed by atoms with Crippen LogP contribution in [0.4, 0.5) is 0 Å². The first-order valence-electron chi connectivity index (χ1n) is 5.36. The molecule has 6 nitrogen and oxygen atoms in total. The van der Waals surface area contributed by atoms with E-state index in [1.165, 1.54) is 0 Å². The summed E-state index contributed by atoms with van der Waals surface area (Å²) in [7, 11) is -1.61. The van der Waals surface area contributed by atoms with Crippen molar-refractivity contribution in [1.82, 2.24) is 4.72 Å². The third kappa shape index (κ3) is 10.3. The molecule has 0 aliphatic heterocycles. The molecule has 0 aromatic carbocycles. The Morgan fingerprint density at radius 1 is 1.19 bits per heavy atom. The Morgan fingerprint density at radius 2 is 1.94 bits per heavy atom. The predicted molar refractivity (Wildman–Crippen MR) is 62.8 cm³/mol. The lowest BCUT2D eigenvalue weighted by atomic mass is 10.5. The Morgan fingerprint density at radius 3 is 2.56 bits per heavy atom. The lowest BCUT2D eigenvalue weighted by Gasteiger charge is -2.06. The minimum atomic E-state index is -3.16. The summed E-state index contributed by atoms with van der Waals surface area (Å²) in [4.78, 5) is 0. The third-order valence-electron chi connectivity index (χ3n) is 1.81. The molecule has 0 rings (SSSR count). The number of sulfonamides is 1. The largest absolute Gasteiger partial charge is 0.385 e. The fraction of sp³-hybridized carbons (Fsp3) is 1.00. The van der Waals surface area contributed by atoms with Crippen LogP contribution >= 0.6 is 0 Å². The van der Waals surface area contributed by atoms with Crippen LogP contribution in [0.25, 0.3) is 0 Å². The van der Waals surface area contributed by atoms with Gasteiger partial charge in [0.25, 0.3) is 0 Å². The van der Waals surface area contributed by atoms with Gasteiger partial charge in [-0.25, -0.2) is 13.1 Å². The van der Waals surface area contributed by atoms with Crippen LogP contribution < -0.4 is 10.5 Å². The maximum absolute atomic E-state index is 11.4. The van der Waals surface area contributed by atoms with Crippen LogP contribution in [0, 0.1) is 0 Å². The smallest absolute Gasteiger partial charge is 0.211 e. The van der Waals surface area contributed by atoms with Crippen molar-refractivity contribution in [1.29, 1.82) is 0 Å². The minimum absolute atomic E-state index is 0.102. The number of methoxy groups -OCH3 is 1. The zero-order chi connectivity index (χ0) is 12.3. The van der Waals surface area contributed by atoms with Crippen LogP contribution in [0.2, 0.25) is 0 Å². The zero-order valence-electron chi connectivity index (χ0n) is 9.78. The molecule has 0 heterocycles. The van der Waals surface area contributed by atoms with Crippen molar-refractivity contribution in [2.75, 3.05) is 45.8 Å². The average Bonchev–Trinajstić information content (AvgIpc) is 2.23. The van der Waals surface area contributed by atoms with E-state index >= 15 is 0 Å². The molecule has 98 valence electrons. The van der Waals surface area contributed by atoms with Crippen LogP contribution in [0.5, 0.6) is 0 Å². The second-order valence-electron chi connectivity index (χ2n) is 3.31. The van der Waals surface area contributed by atoms with Gasteiger partial charge in [-0.3, -0.25) is 0 Å². The number of hydrogen-bond acceptors (Lipinski definition) is 5. The summed E-state index contributed by atoms with van der Waals surface area (Å²) in [6.07, 6.45) is 1.17. The van der Waals surface area contributed by atoms with Crippen LogP contribution in [-0.4, -0.2) is 54.2 Å². The Hall–Kier alpha value is -0.210. The Balaban J connectivity index is 3.43. The Labute approximate surface area is 97.5 Å². The average molecular weight is 254 g/mol. The first-order chi connectivity index (χ1) is 7.62. The molecular formula is C9H22N2O4S. The van der Waals surface area contributed by atoms with Gasteiger partial charge in [0.05, 0.1) is 12.4 Å². The van der Waals surface area contributed by atoms with Gasteiger partial charge in [0.1, 0.15) is 0 Å². The van der Waals surface area contributed by atoms with Crippen molar-refractivity contribution in [2.45, 2.75) is 12.8 Å². The van der Waals surface area contributed by atoms with Gasteiger partial charge < -0.3 is 15.2 Å². The maximum atomic E-state index is 11.4. The van der Waals surface area contributed by atoms with Crippen molar-refractivity contribution in [3.05, 3.63) is 0 Å². The summed E-state index contributed by atoms with van der Waals surface area (Å²) >= 11 is 0. The van der Waals surface area contributed by atoms with E-state index in [-0.39, 0.29) is 5.75 Å². The van der Waals surface area contributed by atoms with Gasteiger partial charge in [-0.1, -0.05) is 0 Å². The van der Waals surface area contributed by atoms with Gasteiger partial charge in [0.2, 0.25) is 10.0 Å². The van der Waals surface area contributed by atoms with E-state index in [4.69, 9.17) is 15.2 Å². The highest BCUT2D eigenvalue weighted by Crippen LogP contribution is 1.91. The van der Waals surface area contributed by atoms with Gasteiger partial charge in [-0.05, 0) is 12.8 Å². The van der Waals surface area contributed by atoms with Gasteiger partial charge in [0, 0.05) is 33.4 Å². The standard InChI is InChI=1S/C9H22N2O4S/c1-14-6-3-9-16(12,13)11-5-2-7-15-8-4-10/h11H,2-10H2,1H3. The van der Waals surface area contributed by atoms with Crippen molar-refractivity contribution < 1.29 is 17.9 Å². The fourth-order valence-electron chi connectivity index (χ4n) is 1.05. The summed E-state index contributed by atoms with van der Waals surface area (Å²) in [5, 5.41) is 0. The Bertz CT molecular complexity index is 244. The molecule has 7 heteroatoms. The molecule has 0 atom stereocenters. The molecule has 0 aliphatic carbocycles. The lowest BCUT2D eigenvalue weighted by molar-refractivity contribution is 0.140. The molecule has 16 heavy (non-hydrogen) atoms. The van der Waals surface area contributed by atoms with Gasteiger partial charge in [-0.15, -0.1) is 0 Å². The molecule has 0 saturated carbocycles. The van der Waals surface area contributed by atoms with Gasteiger partial charge in [0.15, 0.2) is 0 Å². The highest BCUT2D eigenvalue weighted by atomic mass is 32.2. The highest BCUT2D eigenvalue weighted by molar-refractivity contribution is 7.89. The van der Waals surface area contributed by atoms with E-state index in [1.807, 2.05) is 0 Å². The zero-order valence-corrected chi connectivity index (χ0v) is 10.6. The highest BCUT2D eigenvalue weighted by Gasteiger charge is 2.08. The fourth-order valence-corrected chi connectivity index (χ4v) is 2.15. The van der Waals surface area contributed by atoms with Crippen LogP contribution in [0.15, 0.2) is 0 Å². The number of nitrogens with two attached hydrogens (primary N) is 1.